The average Bonchev–Trinajstić information content (AvgIpc) is 2.15. The van der Waals surface area contributed by atoms with Crippen molar-refractivity contribution in [1.82, 2.24) is 0 Å². The molecule has 86 valence electrons. The van der Waals surface area contributed by atoms with Crippen LogP contribution in [0.5, 0.6) is 0 Å². The second-order valence-electron chi connectivity index (χ2n) is 3.25. The lowest BCUT2D eigenvalue weighted by Gasteiger charge is -2.17. The molecule has 1 amide bonds. The van der Waals surface area contributed by atoms with Gasteiger partial charge in [0.1, 0.15) is 5.75 Å². The highest BCUT2D eigenvalue weighted by Crippen LogP contribution is 2.34. The van der Waals surface area contributed by atoms with E-state index in [1.54, 1.807) is 0 Å². The zero-order chi connectivity index (χ0) is 11.9. The number of carbonyl (C=O) groups excluding carboxylic acids is 1. The molecule has 16 heavy (non-hydrogen) atoms. The lowest BCUT2D eigenvalue weighted by Crippen LogP contribution is -2.26. The third-order valence-electron chi connectivity index (χ3n) is 2.09. The molecule has 0 fully saturated rings. The number of rotatable bonds is 0. The molecule has 1 aliphatic rings. The highest BCUT2D eigenvalue weighted by Gasteiger charge is 2.32. The Morgan fingerprint density at radius 3 is 2.62 bits per heavy atom. The van der Waals surface area contributed by atoms with E-state index in [1.165, 1.54) is 0 Å². The van der Waals surface area contributed by atoms with E-state index in [2.05, 4.69) is 5.32 Å². The van der Waals surface area contributed by atoms with Crippen LogP contribution in [-0.4, -0.2) is 15.9 Å². The number of carbonyl (C=O) groups is 1. The number of hydrogen-bond acceptors (Lipinski definition) is 2. The summed E-state index contributed by atoms with van der Waals surface area (Å²) in [4.78, 5) is 11.2. The van der Waals surface area contributed by atoms with E-state index in [0.717, 1.165) is 18.2 Å². The second-order valence-corrected chi connectivity index (χ2v) is 4.67. The van der Waals surface area contributed by atoms with Crippen LogP contribution < -0.4 is 5.32 Å². The summed E-state index contributed by atoms with van der Waals surface area (Å²) in [6.07, 6.45) is -4.47. The zero-order valence-corrected chi connectivity index (χ0v) is 8.61. The molecular formula is C9H6F3NO2S. The molecule has 1 aromatic carbocycles. The molecule has 1 atom stereocenters. The number of fused-ring (bicyclic) bond motifs is 1. The average molecular weight is 249 g/mol. The van der Waals surface area contributed by atoms with Crippen molar-refractivity contribution in [1.29, 1.82) is 0 Å². The SMILES string of the molecule is O=C1C[S@@](=O)c2ccc(C(F)(F)F)cc2N1. The van der Waals surface area contributed by atoms with Crippen LogP contribution in [0.1, 0.15) is 5.56 Å². The molecule has 0 saturated carbocycles. The van der Waals surface area contributed by atoms with Gasteiger partial charge in [0.05, 0.1) is 26.9 Å². The van der Waals surface area contributed by atoms with Crippen LogP contribution in [0.3, 0.4) is 0 Å². The maximum Gasteiger partial charge on any atom is 0.416 e. The highest BCUT2D eigenvalue weighted by atomic mass is 32.2. The lowest BCUT2D eigenvalue weighted by molar-refractivity contribution is -0.137. The van der Waals surface area contributed by atoms with E-state index >= 15 is 0 Å². The first-order valence-electron chi connectivity index (χ1n) is 4.27. The van der Waals surface area contributed by atoms with Crippen molar-refractivity contribution in [2.45, 2.75) is 11.1 Å². The summed E-state index contributed by atoms with van der Waals surface area (Å²) in [5.41, 5.74) is -0.894. The van der Waals surface area contributed by atoms with Gasteiger partial charge in [0.2, 0.25) is 5.91 Å². The first-order valence-corrected chi connectivity index (χ1v) is 5.59. The van der Waals surface area contributed by atoms with Gasteiger partial charge in [0, 0.05) is 0 Å². The van der Waals surface area contributed by atoms with Gasteiger partial charge in [0.15, 0.2) is 0 Å². The molecule has 1 N–H and O–H groups in total. The van der Waals surface area contributed by atoms with Gasteiger partial charge >= 0.3 is 6.18 Å². The van der Waals surface area contributed by atoms with Gasteiger partial charge < -0.3 is 5.32 Å². The molecule has 7 heteroatoms. The molecule has 0 aliphatic carbocycles. The Morgan fingerprint density at radius 1 is 1.31 bits per heavy atom. The Kier molecular flexibility index (Phi) is 2.49. The third kappa shape index (κ3) is 1.95. The Balaban J connectivity index is 2.50. The van der Waals surface area contributed by atoms with Crippen LogP contribution in [0.15, 0.2) is 23.1 Å². The van der Waals surface area contributed by atoms with Crippen LogP contribution in [0.25, 0.3) is 0 Å². The van der Waals surface area contributed by atoms with Gasteiger partial charge in [-0.15, -0.1) is 0 Å². The van der Waals surface area contributed by atoms with Crippen LogP contribution in [0.2, 0.25) is 0 Å². The molecule has 0 unspecified atom stereocenters. The molecule has 0 radical (unpaired) electrons. The van der Waals surface area contributed by atoms with Crippen LogP contribution in [-0.2, 0) is 21.8 Å². The topological polar surface area (TPSA) is 46.2 Å². The van der Waals surface area contributed by atoms with Gasteiger partial charge in [0.25, 0.3) is 0 Å². The van der Waals surface area contributed by atoms with Gasteiger partial charge in [-0.3, -0.25) is 9.00 Å². The first-order chi connectivity index (χ1) is 7.38. The number of halogens is 3. The molecule has 2 rings (SSSR count). The van der Waals surface area contributed by atoms with Gasteiger partial charge in [-0.25, -0.2) is 0 Å². The van der Waals surface area contributed by atoms with E-state index in [-0.39, 0.29) is 16.3 Å². The van der Waals surface area contributed by atoms with Crippen molar-refractivity contribution >= 4 is 22.4 Å². The highest BCUT2D eigenvalue weighted by molar-refractivity contribution is 7.86. The standard InChI is InChI=1S/C9H6F3NO2S/c10-9(11,12)5-1-2-7-6(3-5)13-8(14)4-16(7)15/h1-3H,4H2,(H,13,14)/t16-/m1/s1. The third-order valence-corrected chi connectivity index (χ3v) is 3.46. The van der Waals surface area contributed by atoms with Crippen LogP contribution >= 0.6 is 0 Å². The minimum atomic E-state index is -4.47. The normalized spacial score (nSPS) is 20.2. The molecule has 1 heterocycles. The zero-order valence-electron chi connectivity index (χ0n) is 7.80. The second kappa shape index (κ2) is 3.58. The van der Waals surface area contributed by atoms with E-state index in [4.69, 9.17) is 0 Å². The summed E-state index contributed by atoms with van der Waals surface area (Å²) in [6, 6.07) is 2.78. The van der Waals surface area contributed by atoms with Crippen LogP contribution in [0, 0.1) is 0 Å². The Morgan fingerprint density at radius 2 is 2.00 bits per heavy atom. The van der Waals surface area contributed by atoms with E-state index in [1.807, 2.05) is 0 Å². The lowest BCUT2D eigenvalue weighted by atomic mass is 10.2. The fraction of sp³-hybridized carbons (Fsp3) is 0.222. The molecular weight excluding hydrogens is 243 g/mol. The van der Waals surface area contributed by atoms with Gasteiger partial charge in [-0.1, -0.05) is 0 Å². The summed E-state index contributed by atoms with van der Waals surface area (Å²) in [6.45, 7) is 0. The van der Waals surface area contributed by atoms with Crippen molar-refractivity contribution in [2.75, 3.05) is 11.1 Å². The number of nitrogens with one attached hydrogen (secondary N) is 1. The predicted molar refractivity (Wildman–Crippen MR) is 51.3 cm³/mol. The molecule has 0 aromatic heterocycles. The number of anilines is 1. The molecule has 3 nitrogen and oxygen atoms in total. The number of alkyl halides is 3. The molecule has 1 aliphatic heterocycles. The quantitative estimate of drug-likeness (QED) is 0.761. The fourth-order valence-corrected chi connectivity index (χ4v) is 2.43. The number of hydrogen-bond donors (Lipinski definition) is 1. The van der Waals surface area contributed by atoms with Crippen molar-refractivity contribution in [2.24, 2.45) is 0 Å². The smallest absolute Gasteiger partial charge is 0.324 e. The first kappa shape index (κ1) is 11.1. The number of amides is 1. The van der Waals surface area contributed by atoms with Crippen molar-refractivity contribution in [3.8, 4) is 0 Å². The summed E-state index contributed by atoms with van der Waals surface area (Å²) < 4.78 is 48.5. The minimum absolute atomic E-state index is 0.0237. The molecule has 0 saturated heterocycles. The summed E-state index contributed by atoms with van der Waals surface area (Å²) in [7, 11) is -1.56. The van der Waals surface area contributed by atoms with Crippen molar-refractivity contribution in [3.05, 3.63) is 23.8 Å². The molecule has 0 bridgehead atoms. The van der Waals surface area contributed by atoms with Crippen LogP contribution in [0.4, 0.5) is 18.9 Å². The summed E-state index contributed by atoms with van der Waals surface area (Å²) >= 11 is 0. The fourth-order valence-electron chi connectivity index (χ4n) is 1.39. The van der Waals surface area contributed by atoms with Gasteiger partial charge in [-0.05, 0) is 18.2 Å². The molecule has 0 spiro atoms. The Hall–Kier alpha value is -1.37. The maximum absolute atomic E-state index is 12.4. The minimum Gasteiger partial charge on any atom is -0.324 e. The Labute approximate surface area is 91.1 Å². The van der Waals surface area contributed by atoms with Gasteiger partial charge in [-0.2, -0.15) is 13.2 Å². The monoisotopic (exact) mass is 249 g/mol. The maximum atomic E-state index is 12.4. The predicted octanol–water partition coefficient (Wildman–Crippen LogP) is 1.77. The summed E-state index contributed by atoms with van der Waals surface area (Å²) in [5.74, 6) is -0.747. The molecule has 1 aromatic rings. The largest absolute Gasteiger partial charge is 0.416 e. The van der Waals surface area contributed by atoms with Crippen molar-refractivity contribution in [3.63, 3.8) is 0 Å². The Bertz CT molecular complexity index is 484. The number of benzene rings is 1. The van der Waals surface area contributed by atoms with E-state index in [0.29, 0.717) is 0 Å². The van der Waals surface area contributed by atoms with E-state index < -0.39 is 28.4 Å². The van der Waals surface area contributed by atoms with E-state index in [9.17, 15) is 22.2 Å². The summed E-state index contributed by atoms with van der Waals surface area (Å²) in [5, 5.41) is 2.27. The van der Waals surface area contributed by atoms with Crippen molar-refractivity contribution < 1.29 is 22.2 Å².